The number of carbonyl (C=O) groups is 4. The number of fused-ring (bicyclic) bond motifs is 1. The molecular formula is C33H47N5O7. The summed E-state index contributed by atoms with van der Waals surface area (Å²) >= 11 is 0. The van der Waals surface area contributed by atoms with Gasteiger partial charge in [0.25, 0.3) is 5.91 Å². The molecule has 246 valence electrons. The molecule has 0 saturated carbocycles. The summed E-state index contributed by atoms with van der Waals surface area (Å²) in [5.41, 5.74) is 8.55. The molecule has 0 radical (unpaired) electrons. The van der Waals surface area contributed by atoms with E-state index in [-0.39, 0.29) is 31.8 Å². The number of nitrogens with zero attached hydrogens (tertiary/aromatic N) is 2. The van der Waals surface area contributed by atoms with Crippen molar-refractivity contribution in [2.24, 2.45) is 11.7 Å². The first-order chi connectivity index (χ1) is 21.1. The van der Waals surface area contributed by atoms with Crippen LogP contribution >= 0.6 is 0 Å². The van der Waals surface area contributed by atoms with E-state index in [0.29, 0.717) is 18.0 Å². The van der Waals surface area contributed by atoms with Gasteiger partial charge in [0.2, 0.25) is 5.91 Å². The van der Waals surface area contributed by atoms with E-state index >= 15 is 0 Å². The van der Waals surface area contributed by atoms with Gasteiger partial charge in [0.1, 0.15) is 18.3 Å². The van der Waals surface area contributed by atoms with Crippen molar-refractivity contribution >= 4 is 40.3 Å². The van der Waals surface area contributed by atoms with Gasteiger partial charge in [-0.2, -0.15) is 5.48 Å². The number of hydrogen-bond donors (Lipinski definition) is 4. The summed E-state index contributed by atoms with van der Waals surface area (Å²) in [4.78, 5) is 59.8. The number of amides is 3. The van der Waals surface area contributed by atoms with Gasteiger partial charge in [0.05, 0.1) is 24.3 Å². The van der Waals surface area contributed by atoms with Crippen molar-refractivity contribution in [3.63, 3.8) is 0 Å². The summed E-state index contributed by atoms with van der Waals surface area (Å²) in [5.74, 6) is -1.42. The van der Waals surface area contributed by atoms with Crippen LogP contribution in [0.15, 0.2) is 54.4 Å². The quantitative estimate of drug-likeness (QED) is 0.255. The Morgan fingerprint density at radius 1 is 1.00 bits per heavy atom. The molecule has 12 nitrogen and oxygen atoms in total. The highest BCUT2D eigenvalue weighted by Gasteiger charge is 2.33. The van der Waals surface area contributed by atoms with Crippen LogP contribution in [-0.2, 0) is 24.0 Å². The number of hydrogen-bond acceptors (Lipinski definition) is 9. The Morgan fingerprint density at radius 2 is 1.69 bits per heavy atom. The molecule has 1 aliphatic rings. The fourth-order valence-electron chi connectivity index (χ4n) is 4.82. The molecule has 0 saturated heterocycles. The van der Waals surface area contributed by atoms with Crippen LogP contribution < -0.4 is 21.4 Å². The van der Waals surface area contributed by atoms with Crippen LogP contribution in [0.25, 0.3) is 10.8 Å². The minimum Gasteiger partial charge on any atom is -0.444 e. The lowest BCUT2D eigenvalue weighted by Crippen LogP contribution is -2.49. The molecule has 0 spiro atoms. The average Bonchev–Trinajstić information content (AvgIpc) is 3.38. The number of aliphatic hydroxyl groups excluding tert-OH is 1. The molecule has 3 amide bonds. The minimum absolute atomic E-state index is 0.0809. The van der Waals surface area contributed by atoms with Gasteiger partial charge in [0.15, 0.2) is 0 Å². The Labute approximate surface area is 264 Å². The van der Waals surface area contributed by atoms with E-state index in [9.17, 15) is 24.3 Å². The first-order valence-corrected chi connectivity index (χ1v) is 15.3. The van der Waals surface area contributed by atoms with Gasteiger partial charge >= 0.3 is 12.1 Å². The van der Waals surface area contributed by atoms with Gasteiger partial charge in [-0.3, -0.25) is 14.5 Å². The highest BCUT2D eigenvalue weighted by molar-refractivity contribution is 5.96. The van der Waals surface area contributed by atoms with E-state index < -0.39 is 41.8 Å². The Hall–Kier alpha value is -4.16. The number of rotatable bonds is 12. The van der Waals surface area contributed by atoms with Crippen molar-refractivity contribution in [3.8, 4) is 0 Å². The third-order valence-electron chi connectivity index (χ3n) is 7.12. The molecule has 0 aliphatic carbocycles. The molecule has 0 aromatic heterocycles. The molecule has 1 unspecified atom stereocenters. The molecule has 3 rings (SSSR count). The largest absolute Gasteiger partial charge is 0.444 e. The van der Waals surface area contributed by atoms with E-state index in [1.807, 2.05) is 47.4 Å². The van der Waals surface area contributed by atoms with Crippen LogP contribution in [0.2, 0.25) is 0 Å². The summed E-state index contributed by atoms with van der Waals surface area (Å²) in [6.07, 6.45) is 1.50. The van der Waals surface area contributed by atoms with E-state index in [0.717, 1.165) is 22.9 Å². The predicted octanol–water partition coefficient (Wildman–Crippen LogP) is 4.07. The third-order valence-corrected chi connectivity index (χ3v) is 7.12. The molecule has 2 aromatic rings. The van der Waals surface area contributed by atoms with Gasteiger partial charge in [-0.15, -0.1) is 0 Å². The van der Waals surface area contributed by atoms with Crippen LogP contribution in [0.5, 0.6) is 0 Å². The van der Waals surface area contributed by atoms with E-state index in [1.165, 1.54) is 4.90 Å². The Morgan fingerprint density at radius 3 is 2.36 bits per heavy atom. The van der Waals surface area contributed by atoms with E-state index in [4.69, 9.17) is 15.3 Å². The number of aliphatic hydroxyl groups is 1. The van der Waals surface area contributed by atoms with E-state index in [2.05, 4.69) is 24.6 Å². The van der Waals surface area contributed by atoms with Crippen LogP contribution in [0.3, 0.4) is 0 Å². The topological polar surface area (TPSA) is 164 Å². The number of carbonyl (C=O) groups excluding carboxylic acids is 4. The van der Waals surface area contributed by atoms with Crippen LogP contribution in [0.1, 0.15) is 73.6 Å². The number of ether oxygens (including phenoxy) is 1. The van der Waals surface area contributed by atoms with Crippen LogP contribution in [-0.4, -0.2) is 64.3 Å². The van der Waals surface area contributed by atoms with Gasteiger partial charge < -0.3 is 30.6 Å². The zero-order chi connectivity index (χ0) is 33.3. The second kappa shape index (κ2) is 15.7. The van der Waals surface area contributed by atoms with Crippen LogP contribution in [0.4, 0.5) is 10.5 Å². The third kappa shape index (κ3) is 10.8. The first-order valence-electron chi connectivity index (χ1n) is 15.3. The normalized spacial score (nSPS) is 15.4. The maximum absolute atomic E-state index is 13.4. The van der Waals surface area contributed by atoms with Crippen molar-refractivity contribution in [1.29, 1.82) is 0 Å². The molecule has 1 aliphatic heterocycles. The van der Waals surface area contributed by atoms with Crippen molar-refractivity contribution in [2.45, 2.75) is 97.4 Å². The number of anilines is 1. The first kappa shape index (κ1) is 35.3. The molecule has 12 heteroatoms. The van der Waals surface area contributed by atoms with Gasteiger partial charge in [0, 0.05) is 23.7 Å². The number of benzene rings is 2. The van der Waals surface area contributed by atoms with Crippen molar-refractivity contribution in [2.75, 3.05) is 11.6 Å². The fraction of sp³-hybridized carbons (Fsp3) is 0.515. The van der Waals surface area contributed by atoms with Gasteiger partial charge in [-0.05, 0) is 64.3 Å². The molecule has 1 heterocycles. The zero-order valence-electron chi connectivity index (χ0n) is 27.0. The second-order valence-corrected chi connectivity index (χ2v) is 12.8. The summed E-state index contributed by atoms with van der Waals surface area (Å²) in [7, 11) is 0. The lowest BCUT2D eigenvalue weighted by molar-refractivity contribution is -0.159. The molecule has 5 N–H and O–H groups in total. The maximum Gasteiger partial charge on any atom is 0.408 e. The molecule has 0 fully saturated rings. The molecule has 45 heavy (non-hydrogen) atoms. The number of alkyl carbamates (subject to hydrolysis) is 1. The Balaban J connectivity index is 1.83. The average molecular weight is 626 g/mol. The Bertz CT molecular complexity index is 1380. The number of hydroxylamine groups is 1. The molecule has 0 bridgehead atoms. The summed E-state index contributed by atoms with van der Waals surface area (Å²) in [5, 5.41) is 14.6. The smallest absolute Gasteiger partial charge is 0.408 e. The summed E-state index contributed by atoms with van der Waals surface area (Å²) in [6.45, 7) is 10.9. The lowest BCUT2D eigenvalue weighted by Gasteiger charge is -2.28. The Kier molecular flexibility index (Phi) is 12.3. The van der Waals surface area contributed by atoms with E-state index in [1.54, 1.807) is 33.9 Å². The second-order valence-electron chi connectivity index (χ2n) is 12.8. The maximum atomic E-state index is 13.4. The van der Waals surface area contributed by atoms with Crippen LogP contribution in [0, 0.1) is 5.92 Å². The SMILES string of the molecule is CC(C)CC[C@H](O)CCC(=O)ONC(=O)C(CC1=CN(C(=O)[C@H](C)N)CN1c1cccc2ccccc12)NC(=O)OC(C)(C)C. The van der Waals surface area contributed by atoms with Crippen molar-refractivity contribution < 1.29 is 33.9 Å². The highest BCUT2D eigenvalue weighted by Crippen LogP contribution is 2.34. The fourth-order valence-corrected chi connectivity index (χ4v) is 4.82. The van der Waals surface area contributed by atoms with Gasteiger partial charge in [-0.1, -0.05) is 50.2 Å². The van der Waals surface area contributed by atoms with Gasteiger partial charge in [-0.25, -0.2) is 9.59 Å². The highest BCUT2D eigenvalue weighted by atomic mass is 16.7. The summed E-state index contributed by atoms with van der Waals surface area (Å²) < 4.78 is 5.39. The minimum atomic E-state index is -1.25. The number of nitrogens with two attached hydrogens (primary N) is 1. The van der Waals surface area contributed by atoms with Crippen molar-refractivity contribution in [1.82, 2.24) is 15.7 Å². The molecule has 2 aromatic carbocycles. The molecule has 3 atom stereocenters. The molecular weight excluding hydrogens is 578 g/mol. The van der Waals surface area contributed by atoms with Crippen molar-refractivity contribution in [3.05, 3.63) is 54.4 Å². The zero-order valence-corrected chi connectivity index (χ0v) is 27.0. The monoisotopic (exact) mass is 625 g/mol. The lowest BCUT2D eigenvalue weighted by atomic mass is 10.0. The number of nitrogens with one attached hydrogen (secondary N) is 2. The predicted molar refractivity (Wildman–Crippen MR) is 171 cm³/mol. The standard InChI is InChI=1S/C33H47N5O7/c1-21(2)14-15-25(39)16-17-29(40)45-36-30(41)27(35-32(43)44-33(4,5)6)18-24-19-37(31(42)22(3)34)20-38(24)28-13-9-11-23-10-7-8-12-26(23)28/h7-13,19,21-22,25,27,39H,14-18,20,34H2,1-6H3,(H,35,43)(H,36,41)/t22-,25-,27?/m0/s1. The summed E-state index contributed by atoms with van der Waals surface area (Å²) in [6, 6.07) is 11.5.